The van der Waals surface area contributed by atoms with Crippen LogP contribution in [0.3, 0.4) is 0 Å². The fourth-order valence-corrected chi connectivity index (χ4v) is 8.68. The van der Waals surface area contributed by atoms with Gasteiger partial charge in [0.2, 0.25) is 11.7 Å². The molecule has 0 spiro atoms. The first kappa shape index (κ1) is 27.7. The summed E-state index contributed by atoms with van der Waals surface area (Å²) in [5, 5.41) is 9.14. The van der Waals surface area contributed by atoms with Crippen LogP contribution in [0.5, 0.6) is 0 Å². The largest absolute Gasteiger partial charge is 0.437 e. The van der Waals surface area contributed by atoms with Crippen molar-refractivity contribution < 1.29 is 4.42 Å². The van der Waals surface area contributed by atoms with E-state index in [0.29, 0.717) is 11.7 Å². The summed E-state index contributed by atoms with van der Waals surface area (Å²) in [4.78, 5) is 10.8. The molecule has 12 rings (SSSR count). The number of furan rings is 1. The molecule has 4 nitrogen and oxygen atoms in total. The van der Waals surface area contributed by atoms with Crippen molar-refractivity contribution in [2.45, 2.75) is 0 Å². The Morgan fingerprint density at radius 3 is 1.79 bits per heavy atom. The normalized spacial score (nSPS) is 12.2. The van der Waals surface area contributed by atoms with Gasteiger partial charge in [0.05, 0.1) is 22.1 Å². The molecule has 1 aliphatic rings. The van der Waals surface area contributed by atoms with Gasteiger partial charge in [-0.25, -0.2) is 4.98 Å². The number of nitrogens with zero attached hydrogens (tertiary/aromatic N) is 3. The lowest BCUT2D eigenvalue weighted by Gasteiger charge is -2.15. The van der Waals surface area contributed by atoms with Crippen LogP contribution in [0.1, 0.15) is 0 Å². The molecule has 11 aromatic rings. The first-order valence-corrected chi connectivity index (χ1v) is 17.7. The van der Waals surface area contributed by atoms with E-state index in [0.717, 1.165) is 60.5 Å². The average molecular weight is 662 g/mol. The molecule has 0 N–H and O–H groups in total. The van der Waals surface area contributed by atoms with Crippen LogP contribution in [-0.2, 0) is 0 Å². The molecule has 8 aromatic carbocycles. The summed E-state index contributed by atoms with van der Waals surface area (Å²) in [6.07, 6.45) is 0. The molecule has 0 saturated carbocycles. The molecule has 1 aliphatic carbocycles. The van der Waals surface area contributed by atoms with Gasteiger partial charge in [-0.3, -0.25) is 4.57 Å². The summed E-state index contributed by atoms with van der Waals surface area (Å²) in [7, 11) is 0. The van der Waals surface area contributed by atoms with Crippen molar-refractivity contribution in [3.63, 3.8) is 0 Å². The van der Waals surface area contributed by atoms with E-state index in [4.69, 9.17) is 14.4 Å². The van der Waals surface area contributed by atoms with E-state index < -0.39 is 0 Å². The lowest BCUT2D eigenvalue weighted by molar-refractivity contribution is 0.652. The molecular weight excluding hydrogens is 635 g/mol. The van der Waals surface area contributed by atoms with Crippen LogP contribution in [-0.4, -0.2) is 14.5 Å². The summed E-state index contributed by atoms with van der Waals surface area (Å²) < 4.78 is 8.94. The third-order valence-corrected chi connectivity index (χ3v) is 10.9. The minimum absolute atomic E-state index is 0.571. The molecule has 4 heteroatoms. The van der Waals surface area contributed by atoms with Crippen molar-refractivity contribution in [3.8, 4) is 50.6 Å². The monoisotopic (exact) mass is 661 g/mol. The van der Waals surface area contributed by atoms with Crippen LogP contribution in [0.15, 0.2) is 168 Å². The molecule has 3 heterocycles. The Balaban J connectivity index is 1.26. The van der Waals surface area contributed by atoms with Gasteiger partial charge in [0.25, 0.3) is 0 Å². The first-order chi connectivity index (χ1) is 25.8. The van der Waals surface area contributed by atoms with E-state index in [1.54, 1.807) is 0 Å². The molecule has 0 bridgehead atoms. The van der Waals surface area contributed by atoms with Gasteiger partial charge in [-0.1, -0.05) is 133 Å². The van der Waals surface area contributed by atoms with Crippen molar-refractivity contribution in [1.82, 2.24) is 14.5 Å². The van der Waals surface area contributed by atoms with Crippen molar-refractivity contribution in [2.75, 3.05) is 0 Å². The van der Waals surface area contributed by atoms with Gasteiger partial charge < -0.3 is 4.42 Å². The zero-order valence-electron chi connectivity index (χ0n) is 27.8. The maximum atomic E-state index is 6.68. The molecule has 0 atom stereocenters. The van der Waals surface area contributed by atoms with Crippen LogP contribution < -0.4 is 0 Å². The molecule has 0 fully saturated rings. The number of aromatic nitrogens is 3. The second kappa shape index (κ2) is 10.3. The third kappa shape index (κ3) is 3.75. The maximum absolute atomic E-state index is 6.68. The summed E-state index contributed by atoms with van der Waals surface area (Å²) in [5.74, 6) is 0.579. The summed E-state index contributed by atoms with van der Waals surface area (Å²) in [5.41, 5.74) is 12.6. The lowest BCUT2D eigenvalue weighted by Crippen LogP contribution is -2.03. The highest BCUT2D eigenvalue weighted by Crippen LogP contribution is 2.51. The van der Waals surface area contributed by atoms with Gasteiger partial charge in [-0.05, 0) is 85.3 Å². The minimum atomic E-state index is 0.571. The Bertz CT molecular complexity index is 3280. The Hall–Kier alpha value is -7.04. The number of hydrogen-bond donors (Lipinski definition) is 0. The van der Waals surface area contributed by atoms with Crippen LogP contribution in [0.25, 0.3) is 116 Å². The fraction of sp³-hybridized carbons (Fsp3) is 0. The molecule has 3 aromatic heterocycles. The predicted octanol–water partition coefficient (Wildman–Crippen LogP) is 12.8. The summed E-state index contributed by atoms with van der Waals surface area (Å²) >= 11 is 0. The summed E-state index contributed by atoms with van der Waals surface area (Å²) in [6.45, 7) is 0. The van der Waals surface area contributed by atoms with Crippen LogP contribution in [0.2, 0.25) is 0 Å². The van der Waals surface area contributed by atoms with Gasteiger partial charge in [-0.2, -0.15) is 4.98 Å². The Morgan fingerprint density at radius 1 is 0.404 bits per heavy atom. The Kier molecular flexibility index (Phi) is 5.47. The third-order valence-electron chi connectivity index (χ3n) is 10.9. The number of hydrogen-bond acceptors (Lipinski definition) is 3. The summed E-state index contributed by atoms with van der Waals surface area (Å²) in [6, 6.07) is 58.5. The molecule has 0 amide bonds. The van der Waals surface area contributed by atoms with Crippen LogP contribution in [0, 0.1) is 0 Å². The Labute approximate surface area is 297 Å². The smallest absolute Gasteiger partial charge is 0.238 e. The molecular formula is C48H27N3O. The van der Waals surface area contributed by atoms with Gasteiger partial charge in [0.15, 0.2) is 0 Å². The van der Waals surface area contributed by atoms with Crippen molar-refractivity contribution in [2.24, 2.45) is 0 Å². The van der Waals surface area contributed by atoms with Crippen molar-refractivity contribution in [3.05, 3.63) is 164 Å². The van der Waals surface area contributed by atoms with E-state index >= 15 is 0 Å². The fourth-order valence-electron chi connectivity index (χ4n) is 8.68. The second-order valence-electron chi connectivity index (χ2n) is 13.7. The quantitative estimate of drug-likeness (QED) is 0.189. The first-order valence-electron chi connectivity index (χ1n) is 17.7. The van der Waals surface area contributed by atoms with E-state index in [1.165, 1.54) is 43.8 Å². The van der Waals surface area contributed by atoms with E-state index in [1.807, 2.05) is 6.07 Å². The lowest BCUT2D eigenvalue weighted by atomic mass is 9.92. The van der Waals surface area contributed by atoms with E-state index in [9.17, 15) is 0 Å². The molecule has 52 heavy (non-hydrogen) atoms. The van der Waals surface area contributed by atoms with Gasteiger partial charge in [0.1, 0.15) is 5.58 Å². The number of fused-ring (bicyclic) bond motifs is 6. The second-order valence-corrected chi connectivity index (χ2v) is 13.7. The molecule has 0 radical (unpaired) electrons. The van der Waals surface area contributed by atoms with Crippen molar-refractivity contribution in [1.29, 1.82) is 0 Å². The molecule has 0 unspecified atom stereocenters. The van der Waals surface area contributed by atoms with Crippen molar-refractivity contribution >= 4 is 65.4 Å². The van der Waals surface area contributed by atoms with Crippen LogP contribution in [0.4, 0.5) is 0 Å². The molecule has 0 aliphatic heterocycles. The number of benzene rings is 8. The topological polar surface area (TPSA) is 43.9 Å². The standard InChI is InChI=1S/C48H27N3O/c1-3-12-28(13-4-1)33-25-37-36-21-10-19-29-18-9-20-34(42(29)36)35-22-11-23-39-43(35)44(37)40(26-33)51(39)48-49-46(30-14-5-2-6-15-30)45-38-24-31-16-7-8-17-32(31)27-41(38)52-47(45)50-48/h1-27H. The van der Waals surface area contributed by atoms with Crippen LogP contribution >= 0.6 is 0 Å². The molecule has 0 saturated heterocycles. The number of rotatable bonds is 3. The molecule has 240 valence electrons. The zero-order chi connectivity index (χ0) is 33.9. The van der Waals surface area contributed by atoms with Gasteiger partial charge in [-0.15, -0.1) is 0 Å². The van der Waals surface area contributed by atoms with E-state index in [-0.39, 0.29) is 0 Å². The maximum Gasteiger partial charge on any atom is 0.238 e. The predicted molar refractivity (Wildman–Crippen MR) is 214 cm³/mol. The SMILES string of the molecule is c1ccc(-c2cc3c4c5c(cccc5n(-c5nc(-c6ccccc6)c6c(n5)oc5cc7ccccc7cc56)c4c2)-c2cccc4cccc-3c24)cc1. The van der Waals surface area contributed by atoms with Gasteiger partial charge >= 0.3 is 0 Å². The highest BCUT2D eigenvalue weighted by Gasteiger charge is 2.27. The Morgan fingerprint density at radius 2 is 1.02 bits per heavy atom. The minimum Gasteiger partial charge on any atom is -0.437 e. The average Bonchev–Trinajstić information content (AvgIpc) is 3.70. The highest BCUT2D eigenvalue weighted by atomic mass is 16.3. The van der Waals surface area contributed by atoms with E-state index in [2.05, 4.69) is 162 Å². The van der Waals surface area contributed by atoms with Gasteiger partial charge in [0, 0.05) is 21.7 Å². The highest BCUT2D eigenvalue weighted by molar-refractivity contribution is 6.27. The zero-order valence-corrected chi connectivity index (χ0v) is 27.8.